The molecule has 13 heteroatoms. The summed E-state index contributed by atoms with van der Waals surface area (Å²) in [5.41, 5.74) is 5.44. The van der Waals surface area contributed by atoms with Gasteiger partial charge in [-0.1, -0.05) is 75.5 Å². The van der Waals surface area contributed by atoms with Crippen LogP contribution in [-0.2, 0) is 24.0 Å². The molecule has 4 atom stereocenters. The van der Waals surface area contributed by atoms with E-state index in [0.717, 1.165) is 24.6 Å². The van der Waals surface area contributed by atoms with E-state index in [1.165, 1.54) is 32.1 Å². The molecule has 0 fully saturated rings. The molecule has 0 aliphatic carbocycles. The Morgan fingerprint density at radius 3 is 2.16 bits per heavy atom. The minimum absolute atomic E-state index is 0.0466. The van der Waals surface area contributed by atoms with Gasteiger partial charge in [0.25, 0.3) is 0 Å². The molecule has 0 bridgehead atoms. The molecular weight excluding hydrogens is 578 g/mol. The van der Waals surface area contributed by atoms with E-state index in [4.69, 9.17) is 21.1 Å². The maximum absolute atomic E-state index is 12.6. The number of aliphatic carboxylic acids is 3. The first-order valence-corrected chi connectivity index (χ1v) is 15.8. The minimum Gasteiger partial charge on any atom is -0.481 e. The number of rotatable bonds is 26. The highest BCUT2D eigenvalue weighted by Gasteiger charge is 2.25. The molecule has 0 aliphatic heterocycles. The van der Waals surface area contributed by atoms with Gasteiger partial charge in [0, 0.05) is 23.8 Å². The van der Waals surface area contributed by atoms with Crippen LogP contribution in [0.2, 0.25) is 0 Å². The number of nitrogens with one attached hydrogen (secondary N) is 2. The number of carboxylic acid groups (broad SMARTS) is 3. The Balaban J connectivity index is 5.31. The number of carbonyl (C=O) groups excluding carboxylic acids is 2. The van der Waals surface area contributed by atoms with Gasteiger partial charge in [0.1, 0.15) is 18.6 Å². The number of carboxylic acids is 3. The summed E-state index contributed by atoms with van der Waals surface area (Å²) < 4.78 is 0. The van der Waals surface area contributed by atoms with Crippen LogP contribution in [0.5, 0.6) is 0 Å². The van der Waals surface area contributed by atoms with Crippen molar-refractivity contribution in [2.24, 2.45) is 5.73 Å². The Hall–Kier alpha value is -3.16. The normalized spacial score (nSPS) is 14.5. The zero-order chi connectivity index (χ0) is 32.5. The van der Waals surface area contributed by atoms with Crippen molar-refractivity contribution in [3.63, 3.8) is 0 Å². The lowest BCUT2D eigenvalue weighted by atomic mass is 10.1. The molecule has 0 aromatic rings. The number of nitrogens with two attached hydrogens (primary N) is 1. The number of hydrogen-bond acceptors (Lipinski definition) is 8. The molecule has 0 saturated carbocycles. The second-order valence-corrected chi connectivity index (χ2v) is 11.3. The Bertz CT molecular complexity index is 940. The molecule has 0 saturated heterocycles. The Labute approximate surface area is 258 Å². The van der Waals surface area contributed by atoms with E-state index < -0.39 is 59.7 Å². The van der Waals surface area contributed by atoms with E-state index >= 15 is 0 Å². The van der Waals surface area contributed by atoms with Crippen molar-refractivity contribution in [3.8, 4) is 0 Å². The molecule has 0 heterocycles. The first-order chi connectivity index (χ1) is 20.5. The van der Waals surface area contributed by atoms with Crippen LogP contribution in [-0.4, -0.2) is 85.9 Å². The molecule has 0 aromatic heterocycles. The zero-order valence-electron chi connectivity index (χ0n) is 25.0. The highest BCUT2D eigenvalue weighted by atomic mass is 32.2. The van der Waals surface area contributed by atoms with Crippen molar-refractivity contribution in [2.75, 3.05) is 12.3 Å². The van der Waals surface area contributed by atoms with Crippen LogP contribution < -0.4 is 16.4 Å². The predicted molar refractivity (Wildman–Crippen MR) is 167 cm³/mol. The molecule has 2 amide bonds. The summed E-state index contributed by atoms with van der Waals surface area (Å²) in [7, 11) is 0. The summed E-state index contributed by atoms with van der Waals surface area (Å²) in [6.45, 7) is 1.52. The van der Waals surface area contributed by atoms with E-state index in [2.05, 4.69) is 23.6 Å². The van der Waals surface area contributed by atoms with Gasteiger partial charge in [-0.25, -0.2) is 0 Å². The highest BCUT2D eigenvalue weighted by molar-refractivity contribution is 8.00. The fourth-order valence-corrected chi connectivity index (χ4v) is 5.00. The fourth-order valence-electron chi connectivity index (χ4n) is 3.79. The second-order valence-electron chi connectivity index (χ2n) is 10.1. The van der Waals surface area contributed by atoms with Crippen molar-refractivity contribution in [3.05, 3.63) is 36.5 Å². The first-order valence-electron chi connectivity index (χ1n) is 14.8. The number of thioether (sulfide) groups is 1. The molecule has 8 N–H and O–H groups in total. The first kappa shape index (κ1) is 39.8. The summed E-state index contributed by atoms with van der Waals surface area (Å²) in [5.74, 6) is -4.98. The van der Waals surface area contributed by atoms with E-state index in [1.54, 1.807) is 18.2 Å². The number of allylic oxidation sites excluding steroid dienone is 5. The minimum atomic E-state index is -1.28. The lowest BCUT2D eigenvalue weighted by Crippen LogP contribution is -2.50. The van der Waals surface area contributed by atoms with E-state index in [0.29, 0.717) is 0 Å². The Kier molecular flexibility index (Phi) is 23.5. The van der Waals surface area contributed by atoms with E-state index in [-0.39, 0.29) is 37.9 Å². The van der Waals surface area contributed by atoms with Gasteiger partial charge in [0.15, 0.2) is 0 Å². The van der Waals surface area contributed by atoms with Crippen molar-refractivity contribution in [1.29, 1.82) is 0 Å². The molecule has 0 unspecified atom stereocenters. The molecular formula is C30H49N3O9S. The molecule has 12 nitrogen and oxygen atoms in total. The smallest absolute Gasteiger partial charge is 0.322 e. The van der Waals surface area contributed by atoms with Crippen LogP contribution in [0.1, 0.15) is 84.0 Å². The molecule has 244 valence electrons. The monoisotopic (exact) mass is 627 g/mol. The third kappa shape index (κ3) is 23.0. The van der Waals surface area contributed by atoms with Crippen LogP contribution in [0.25, 0.3) is 0 Å². The third-order valence-electron chi connectivity index (χ3n) is 6.28. The average Bonchev–Trinajstić information content (AvgIpc) is 2.95. The van der Waals surface area contributed by atoms with Crippen molar-refractivity contribution < 1.29 is 44.4 Å². The molecule has 0 aliphatic rings. The van der Waals surface area contributed by atoms with Gasteiger partial charge < -0.3 is 36.8 Å². The van der Waals surface area contributed by atoms with Crippen molar-refractivity contribution in [2.45, 2.75) is 107 Å². The third-order valence-corrected chi connectivity index (χ3v) is 7.67. The molecule has 0 aromatic carbocycles. The predicted octanol–water partition coefficient (Wildman–Crippen LogP) is 3.00. The number of amides is 2. The maximum atomic E-state index is 12.6. The van der Waals surface area contributed by atoms with Crippen LogP contribution in [0.4, 0.5) is 0 Å². The zero-order valence-corrected chi connectivity index (χ0v) is 25.8. The molecule has 0 rings (SSSR count). The Morgan fingerprint density at radius 2 is 1.51 bits per heavy atom. The van der Waals surface area contributed by atoms with E-state index in [9.17, 15) is 29.1 Å². The average molecular weight is 628 g/mol. The van der Waals surface area contributed by atoms with Gasteiger partial charge in [-0.2, -0.15) is 0 Å². The van der Waals surface area contributed by atoms with Crippen molar-refractivity contribution in [1.82, 2.24) is 10.6 Å². The number of carbonyl (C=O) groups is 5. The van der Waals surface area contributed by atoms with Gasteiger partial charge >= 0.3 is 17.9 Å². The molecule has 0 radical (unpaired) electrons. The quantitative estimate of drug-likeness (QED) is 0.0546. The summed E-state index contributed by atoms with van der Waals surface area (Å²) in [6, 6.07) is -2.44. The largest absolute Gasteiger partial charge is 0.481 e. The topological polar surface area (TPSA) is 216 Å². The number of unbranched alkanes of at least 4 members (excludes halogenated alkanes) is 6. The standard InChI is InChI=1S/C30H49N3O9S/c1-2-3-4-5-6-7-8-9-10-11-12-13-16-25(24(34)15-14-17-27(36)37)43-21-23(29(40)32-20-28(38)39)33-26(35)19-18-22(31)30(41)42/h9-13,16,22-25,34H,2-8,14-15,17-21,31H2,1H3,(H,32,40)(H,33,35)(H,36,37)(H,38,39)(H,41,42)/b10-9+,12-11+,16-13+/t22-,23-,24-,25-/m0/s1. The van der Waals surface area contributed by atoms with Crippen LogP contribution in [0.3, 0.4) is 0 Å². The highest BCUT2D eigenvalue weighted by Crippen LogP contribution is 2.22. The second kappa shape index (κ2) is 25.3. The fraction of sp³-hybridized carbons (Fsp3) is 0.633. The summed E-state index contributed by atoms with van der Waals surface area (Å²) in [4.78, 5) is 57.8. The van der Waals surface area contributed by atoms with Gasteiger partial charge in [0.2, 0.25) is 11.8 Å². The summed E-state index contributed by atoms with van der Waals surface area (Å²) >= 11 is 1.14. The van der Waals surface area contributed by atoms with E-state index in [1.807, 2.05) is 12.2 Å². The molecule has 0 spiro atoms. The van der Waals surface area contributed by atoms with Gasteiger partial charge in [-0.3, -0.25) is 24.0 Å². The van der Waals surface area contributed by atoms with Gasteiger partial charge in [-0.05, 0) is 32.1 Å². The lowest BCUT2D eigenvalue weighted by Gasteiger charge is -2.23. The van der Waals surface area contributed by atoms with Crippen LogP contribution in [0, 0.1) is 0 Å². The van der Waals surface area contributed by atoms with Crippen LogP contribution >= 0.6 is 11.8 Å². The lowest BCUT2D eigenvalue weighted by molar-refractivity contribution is -0.139. The number of hydrogen-bond donors (Lipinski definition) is 7. The Morgan fingerprint density at radius 1 is 0.837 bits per heavy atom. The van der Waals surface area contributed by atoms with Crippen LogP contribution in [0.15, 0.2) is 36.5 Å². The number of aliphatic hydroxyl groups excluding tert-OH is 1. The van der Waals surface area contributed by atoms with Gasteiger partial charge in [0.05, 0.1) is 6.10 Å². The summed E-state index contributed by atoms with van der Waals surface area (Å²) in [6.07, 6.45) is 18.4. The number of aliphatic hydroxyl groups is 1. The van der Waals surface area contributed by atoms with Crippen molar-refractivity contribution >= 4 is 41.5 Å². The molecule has 43 heavy (non-hydrogen) atoms. The van der Waals surface area contributed by atoms with Gasteiger partial charge in [-0.15, -0.1) is 11.8 Å². The maximum Gasteiger partial charge on any atom is 0.322 e. The SMILES string of the molecule is CCCCCCCC/C=C/C=C/C=C/[C@H](SC[C@H](NC(=O)CC[C@H](N)C(=O)O)C(=O)NCC(=O)O)[C@@H](O)CCCC(=O)O. The summed E-state index contributed by atoms with van der Waals surface area (Å²) in [5, 5.41) is 41.6.